The number of thiol groups is 1. The zero-order valence-corrected chi connectivity index (χ0v) is 24.1. The molecule has 0 unspecified atom stereocenters. The second-order valence-corrected chi connectivity index (χ2v) is 10.5. The fourth-order valence-electron chi connectivity index (χ4n) is 5.28. The maximum Gasteiger partial charge on any atom is 0.413 e. The van der Waals surface area contributed by atoms with Gasteiger partial charge in [-0.3, -0.25) is 0 Å². The van der Waals surface area contributed by atoms with E-state index in [1.807, 2.05) is 61.5 Å². The van der Waals surface area contributed by atoms with Crippen molar-refractivity contribution in [2.24, 2.45) is 5.92 Å². The molecule has 0 spiro atoms. The number of ether oxygens (including phenoxy) is 3. The summed E-state index contributed by atoms with van der Waals surface area (Å²) in [5, 5.41) is 3.13. The smallest absolute Gasteiger partial charge is 0.413 e. The topological polar surface area (TPSA) is 82.8 Å². The van der Waals surface area contributed by atoms with Crippen LogP contribution in [0.5, 0.6) is 17.2 Å². The van der Waals surface area contributed by atoms with E-state index in [1.165, 1.54) is 19.3 Å². The molecule has 7 nitrogen and oxygen atoms in total. The van der Waals surface area contributed by atoms with Crippen molar-refractivity contribution in [3.05, 3.63) is 95.9 Å². The lowest BCUT2D eigenvalue weighted by Crippen LogP contribution is -2.36. The summed E-state index contributed by atoms with van der Waals surface area (Å²) in [6.07, 6.45) is 5.88. The van der Waals surface area contributed by atoms with E-state index in [4.69, 9.17) is 18.6 Å². The Morgan fingerprint density at radius 3 is 2.29 bits per heavy atom. The summed E-state index contributed by atoms with van der Waals surface area (Å²) in [6, 6.07) is 24.7. The number of carbonyl (C=O) groups is 1. The number of benzene rings is 3. The predicted octanol–water partition coefficient (Wildman–Crippen LogP) is 7.95. The average Bonchev–Trinajstić information content (AvgIpc) is 3.38. The summed E-state index contributed by atoms with van der Waals surface area (Å²) >= 11 is 4.06. The number of oxazole rings is 1. The van der Waals surface area contributed by atoms with Crippen molar-refractivity contribution in [2.75, 3.05) is 12.5 Å². The van der Waals surface area contributed by atoms with Crippen molar-refractivity contribution in [3.63, 3.8) is 0 Å². The van der Waals surface area contributed by atoms with Crippen molar-refractivity contribution in [1.82, 2.24) is 10.3 Å². The Kier molecular flexibility index (Phi) is 9.86. The third kappa shape index (κ3) is 7.85. The van der Waals surface area contributed by atoms with Crippen LogP contribution in [0.1, 0.15) is 55.2 Å². The van der Waals surface area contributed by atoms with Crippen molar-refractivity contribution < 1.29 is 23.4 Å². The van der Waals surface area contributed by atoms with E-state index in [0.29, 0.717) is 36.3 Å². The standard InChI is InChI=1S/C33H36N2O5S/c1-23-30(34-32(39-23)26-10-6-3-7-11-26)20-21-37-27-14-12-25(13-15-27)31(24-8-4-2-5-9-24)35-33(36)40-29-18-16-28(17-19-29)38-22-41/h3,6-7,10-19,24,31,41H,2,4-5,8-9,20-22H2,1H3,(H,35,36)/t31-/m1/s1. The normalized spacial score (nSPS) is 14.3. The van der Waals surface area contributed by atoms with Crippen LogP contribution in [0.2, 0.25) is 0 Å². The number of nitrogens with zero attached hydrogens (tertiary/aromatic N) is 1. The van der Waals surface area contributed by atoms with Gasteiger partial charge in [-0.05, 0) is 79.8 Å². The molecule has 3 aromatic carbocycles. The Labute approximate surface area is 246 Å². The van der Waals surface area contributed by atoms with E-state index in [0.717, 1.165) is 41.2 Å². The summed E-state index contributed by atoms with van der Waals surface area (Å²) in [5.74, 6) is 3.96. The zero-order valence-electron chi connectivity index (χ0n) is 23.3. The van der Waals surface area contributed by atoms with Gasteiger partial charge in [-0.1, -0.05) is 49.6 Å². The molecule has 41 heavy (non-hydrogen) atoms. The van der Waals surface area contributed by atoms with E-state index >= 15 is 0 Å². The van der Waals surface area contributed by atoms with Gasteiger partial charge in [0.15, 0.2) is 0 Å². The molecule has 0 radical (unpaired) electrons. The van der Waals surface area contributed by atoms with Gasteiger partial charge in [0.2, 0.25) is 5.89 Å². The molecule has 5 rings (SSSR count). The van der Waals surface area contributed by atoms with Crippen molar-refractivity contribution >= 4 is 18.7 Å². The second kappa shape index (κ2) is 14.1. The van der Waals surface area contributed by atoms with Gasteiger partial charge < -0.3 is 23.9 Å². The molecule has 1 heterocycles. The molecule has 1 fully saturated rings. The van der Waals surface area contributed by atoms with Gasteiger partial charge >= 0.3 is 6.09 Å². The number of nitrogens with one attached hydrogen (secondary N) is 1. The molecule has 1 atom stereocenters. The van der Waals surface area contributed by atoms with Crippen LogP contribution < -0.4 is 19.5 Å². The van der Waals surface area contributed by atoms with Crippen LogP contribution in [0.25, 0.3) is 11.5 Å². The van der Waals surface area contributed by atoms with E-state index in [2.05, 4.69) is 22.9 Å². The van der Waals surface area contributed by atoms with Crippen LogP contribution in [0.4, 0.5) is 4.79 Å². The SMILES string of the molecule is Cc1oc(-c2ccccc2)nc1CCOc1ccc([C@H](NC(=O)Oc2ccc(OCS)cc2)C2CCCCC2)cc1. The molecule has 0 saturated heterocycles. The molecule has 1 saturated carbocycles. The molecule has 0 bridgehead atoms. The summed E-state index contributed by atoms with van der Waals surface area (Å²) in [4.78, 5) is 17.6. The highest BCUT2D eigenvalue weighted by Gasteiger charge is 2.27. The maximum absolute atomic E-state index is 12.9. The van der Waals surface area contributed by atoms with E-state index in [9.17, 15) is 4.79 Å². The predicted molar refractivity (Wildman–Crippen MR) is 162 cm³/mol. The van der Waals surface area contributed by atoms with Crippen LogP contribution in [0, 0.1) is 12.8 Å². The quantitative estimate of drug-likeness (QED) is 0.140. The Hall–Kier alpha value is -3.91. The van der Waals surface area contributed by atoms with Gasteiger partial charge in [0.1, 0.15) is 28.9 Å². The number of carbonyl (C=O) groups excluding carboxylic acids is 1. The number of amides is 1. The Morgan fingerprint density at radius 2 is 1.59 bits per heavy atom. The largest absolute Gasteiger partial charge is 0.493 e. The van der Waals surface area contributed by atoms with Crippen molar-refractivity contribution in [3.8, 4) is 28.7 Å². The molecule has 4 aromatic rings. The number of aryl methyl sites for hydroxylation is 1. The molecule has 0 aliphatic heterocycles. The summed E-state index contributed by atoms with van der Waals surface area (Å²) in [5.41, 5.74) is 2.89. The van der Waals surface area contributed by atoms with Gasteiger partial charge in [0, 0.05) is 12.0 Å². The summed E-state index contributed by atoms with van der Waals surface area (Å²) < 4.78 is 22.8. The molecule has 1 aromatic heterocycles. The van der Waals surface area contributed by atoms with Crippen LogP contribution in [0.15, 0.2) is 83.3 Å². The molecule has 214 valence electrons. The number of rotatable bonds is 11. The molecule has 1 amide bonds. The van der Waals surface area contributed by atoms with E-state index < -0.39 is 6.09 Å². The third-order valence-corrected chi connectivity index (χ3v) is 7.55. The number of hydrogen-bond acceptors (Lipinski definition) is 7. The molecule has 1 aliphatic carbocycles. The third-order valence-electron chi connectivity index (χ3n) is 7.42. The lowest BCUT2D eigenvalue weighted by Gasteiger charge is -2.31. The highest BCUT2D eigenvalue weighted by atomic mass is 32.1. The first-order chi connectivity index (χ1) is 20.1. The minimum atomic E-state index is -0.471. The first-order valence-electron chi connectivity index (χ1n) is 14.2. The Bertz CT molecular complexity index is 1380. The summed E-state index contributed by atoms with van der Waals surface area (Å²) in [7, 11) is 0. The minimum absolute atomic E-state index is 0.141. The minimum Gasteiger partial charge on any atom is -0.493 e. The Morgan fingerprint density at radius 1 is 0.927 bits per heavy atom. The van der Waals surface area contributed by atoms with Crippen LogP contribution in [-0.2, 0) is 6.42 Å². The highest BCUT2D eigenvalue weighted by Crippen LogP contribution is 2.35. The average molecular weight is 573 g/mol. The van der Waals surface area contributed by atoms with Crippen LogP contribution in [0.3, 0.4) is 0 Å². The highest BCUT2D eigenvalue weighted by molar-refractivity contribution is 7.80. The first kappa shape index (κ1) is 28.6. The van der Waals surface area contributed by atoms with Gasteiger partial charge in [-0.25, -0.2) is 9.78 Å². The molecule has 8 heteroatoms. The molecular formula is C33H36N2O5S. The zero-order chi connectivity index (χ0) is 28.4. The molecule has 1 N–H and O–H groups in total. The lowest BCUT2D eigenvalue weighted by molar-refractivity contribution is 0.184. The van der Waals surface area contributed by atoms with Gasteiger partial charge in [0.05, 0.1) is 18.3 Å². The number of aromatic nitrogens is 1. The summed E-state index contributed by atoms with van der Waals surface area (Å²) in [6.45, 7) is 2.41. The van der Waals surface area contributed by atoms with Gasteiger partial charge in [0.25, 0.3) is 0 Å². The van der Waals surface area contributed by atoms with Gasteiger partial charge in [-0.2, -0.15) is 0 Å². The number of hydrogen-bond donors (Lipinski definition) is 2. The Balaban J connectivity index is 1.19. The lowest BCUT2D eigenvalue weighted by atomic mass is 9.81. The fourth-order valence-corrected chi connectivity index (χ4v) is 5.43. The van der Waals surface area contributed by atoms with Gasteiger partial charge in [-0.15, -0.1) is 12.6 Å². The maximum atomic E-state index is 12.9. The van der Waals surface area contributed by atoms with E-state index in [-0.39, 0.29) is 12.0 Å². The van der Waals surface area contributed by atoms with Crippen molar-refractivity contribution in [2.45, 2.75) is 51.5 Å². The van der Waals surface area contributed by atoms with Crippen molar-refractivity contribution in [1.29, 1.82) is 0 Å². The molecular weight excluding hydrogens is 536 g/mol. The second-order valence-electron chi connectivity index (χ2n) is 10.2. The van der Waals surface area contributed by atoms with Crippen LogP contribution in [-0.4, -0.2) is 23.6 Å². The van der Waals surface area contributed by atoms with Crippen LogP contribution >= 0.6 is 12.6 Å². The van der Waals surface area contributed by atoms with E-state index in [1.54, 1.807) is 24.3 Å². The monoisotopic (exact) mass is 572 g/mol. The molecule has 1 aliphatic rings. The first-order valence-corrected chi connectivity index (χ1v) is 14.8. The fraction of sp³-hybridized carbons (Fsp3) is 0.333.